The summed E-state index contributed by atoms with van der Waals surface area (Å²) in [6.45, 7) is 1.11. The van der Waals surface area contributed by atoms with Gasteiger partial charge in [0.2, 0.25) is 0 Å². The Bertz CT molecular complexity index is 332. The molecule has 0 aliphatic carbocycles. The van der Waals surface area contributed by atoms with Gasteiger partial charge in [0.25, 0.3) is 0 Å². The maximum absolute atomic E-state index is 12.9. The Balaban J connectivity index is 2.16. The molecule has 0 bridgehead atoms. The predicted octanol–water partition coefficient (Wildman–Crippen LogP) is 1.36. The summed E-state index contributed by atoms with van der Waals surface area (Å²) in [6, 6.07) is 4.34. The number of halogens is 2. The van der Waals surface area contributed by atoms with E-state index < -0.39 is 5.60 Å². The maximum Gasteiger partial charge on any atom is 0.124 e. The van der Waals surface area contributed by atoms with Crippen molar-refractivity contribution < 1.29 is 9.50 Å². The van der Waals surface area contributed by atoms with E-state index in [1.54, 1.807) is 6.07 Å². The number of rotatable bonds is 2. The third-order valence-corrected chi connectivity index (χ3v) is 2.58. The molecule has 1 saturated heterocycles. The lowest BCUT2D eigenvalue weighted by Crippen LogP contribution is -2.60. The number of nitrogens with one attached hydrogen (secondary N) is 1. The van der Waals surface area contributed by atoms with E-state index in [0.717, 1.165) is 5.56 Å². The maximum atomic E-state index is 12.9. The van der Waals surface area contributed by atoms with Gasteiger partial charge in [-0.05, 0) is 23.8 Å². The average Bonchev–Trinajstić information content (AvgIpc) is 1.99. The van der Waals surface area contributed by atoms with Gasteiger partial charge in [0.1, 0.15) is 5.82 Å². The Morgan fingerprint density at radius 2 is 2.14 bits per heavy atom. The summed E-state index contributed by atoms with van der Waals surface area (Å²) in [4.78, 5) is 0. The van der Waals surface area contributed by atoms with Crippen LogP contribution in [0.2, 0.25) is 5.02 Å². The normalized spacial score (nSPS) is 19.1. The summed E-state index contributed by atoms with van der Waals surface area (Å²) < 4.78 is 12.9. The highest BCUT2D eigenvalue weighted by Gasteiger charge is 2.34. The van der Waals surface area contributed by atoms with Crippen LogP contribution in [0.1, 0.15) is 5.56 Å². The van der Waals surface area contributed by atoms with Crippen LogP contribution in [0.3, 0.4) is 0 Å². The molecular formula is C10H11ClFNO. The quantitative estimate of drug-likeness (QED) is 0.781. The van der Waals surface area contributed by atoms with Gasteiger partial charge in [-0.15, -0.1) is 0 Å². The van der Waals surface area contributed by atoms with Crippen LogP contribution >= 0.6 is 11.6 Å². The van der Waals surface area contributed by atoms with E-state index in [4.69, 9.17) is 11.6 Å². The second-order valence-corrected chi connectivity index (χ2v) is 4.22. The second kappa shape index (κ2) is 3.50. The van der Waals surface area contributed by atoms with Crippen LogP contribution in [0, 0.1) is 5.82 Å². The van der Waals surface area contributed by atoms with Crippen molar-refractivity contribution in [2.45, 2.75) is 12.0 Å². The molecule has 0 aromatic heterocycles. The number of hydrogen-bond acceptors (Lipinski definition) is 2. The van der Waals surface area contributed by atoms with Crippen molar-refractivity contribution in [2.24, 2.45) is 0 Å². The van der Waals surface area contributed by atoms with Crippen LogP contribution in [0.5, 0.6) is 0 Å². The first-order valence-corrected chi connectivity index (χ1v) is 4.83. The molecule has 2 N–H and O–H groups in total. The van der Waals surface area contributed by atoms with E-state index in [1.807, 2.05) is 0 Å². The predicted molar refractivity (Wildman–Crippen MR) is 52.9 cm³/mol. The highest BCUT2D eigenvalue weighted by molar-refractivity contribution is 6.30. The zero-order valence-electron chi connectivity index (χ0n) is 7.56. The van der Waals surface area contributed by atoms with Gasteiger partial charge in [-0.3, -0.25) is 0 Å². The molecule has 1 aliphatic rings. The Morgan fingerprint density at radius 3 is 2.64 bits per heavy atom. The van der Waals surface area contributed by atoms with Crippen molar-refractivity contribution in [3.05, 3.63) is 34.6 Å². The van der Waals surface area contributed by atoms with Gasteiger partial charge in [0.05, 0.1) is 5.60 Å². The van der Waals surface area contributed by atoms with Crippen molar-refractivity contribution in [3.8, 4) is 0 Å². The topological polar surface area (TPSA) is 32.3 Å². The third-order valence-electron chi connectivity index (χ3n) is 2.36. The van der Waals surface area contributed by atoms with Crippen molar-refractivity contribution in [2.75, 3.05) is 13.1 Å². The first kappa shape index (κ1) is 9.90. The molecular weight excluding hydrogens is 205 g/mol. The van der Waals surface area contributed by atoms with Gasteiger partial charge in [-0.1, -0.05) is 11.6 Å². The van der Waals surface area contributed by atoms with Gasteiger partial charge in [0.15, 0.2) is 0 Å². The standard InChI is InChI=1S/C10H11ClFNO/c11-8-1-7(2-9(12)3-8)4-10(14)5-13-6-10/h1-3,13-14H,4-6H2. The number of benzene rings is 1. The van der Waals surface area contributed by atoms with Crippen LogP contribution in [-0.2, 0) is 6.42 Å². The molecule has 0 saturated carbocycles. The minimum Gasteiger partial charge on any atom is -0.387 e. The van der Waals surface area contributed by atoms with Crippen LogP contribution in [-0.4, -0.2) is 23.8 Å². The largest absolute Gasteiger partial charge is 0.387 e. The fraction of sp³-hybridized carbons (Fsp3) is 0.400. The summed E-state index contributed by atoms with van der Waals surface area (Å²) in [5, 5.41) is 13.2. The molecule has 0 atom stereocenters. The van der Waals surface area contributed by atoms with E-state index >= 15 is 0 Å². The van der Waals surface area contributed by atoms with E-state index in [0.29, 0.717) is 24.5 Å². The molecule has 14 heavy (non-hydrogen) atoms. The fourth-order valence-corrected chi connectivity index (χ4v) is 1.88. The molecule has 0 spiro atoms. The molecule has 4 heteroatoms. The van der Waals surface area contributed by atoms with Gasteiger partial charge < -0.3 is 10.4 Å². The zero-order valence-corrected chi connectivity index (χ0v) is 8.31. The molecule has 1 aromatic rings. The van der Waals surface area contributed by atoms with Crippen LogP contribution in [0.25, 0.3) is 0 Å². The molecule has 1 fully saturated rings. The summed E-state index contributed by atoms with van der Waals surface area (Å²) >= 11 is 5.70. The van der Waals surface area contributed by atoms with Crippen molar-refractivity contribution in [1.29, 1.82) is 0 Å². The number of β-amino-alcohol motifs (C(OH)–C–C–N with tert-alkyl or cyclic N) is 1. The van der Waals surface area contributed by atoms with Crippen LogP contribution < -0.4 is 5.32 Å². The van der Waals surface area contributed by atoms with E-state index in [9.17, 15) is 9.50 Å². The smallest absolute Gasteiger partial charge is 0.124 e. The molecule has 1 heterocycles. The summed E-state index contributed by atoms with van der Waals surface area (Å²) in [6.07, 6.45) is 0.442. The highest BCUT2D eigenvalue weighted by Crippen LogP contribution is 2.21. The van der Waals surface area contributed by atoms with Crippen molar-refractivity contribution in [1.82, 2.24) is 5.32 Å². The molecule has 0 radical (unpaired) electrons. The Labute approximate surface area is 86.7 Å². The Hall–Kier alpha value is -0.640. The Kier molecular flexibility index (Phi) is 2.47. The number of aliphatic hydroxyl groups is 1. The van der Waals surface area contributed by atoms with Crippen LogP contribution in [0.15, 0.2) is 18.2 Å². The van der Waals surface area contributed by atoms with E-state index in [2.05, 4.69) is 5.32 Å². The van der Waals surface area contributed by atoms with Crippen molar-refractivity contribution >= 4 is 11.6 Å². The molecule has 1 aliphatic heterocycles. The molecule has 1 aromatic carbocycles. The molecule has 0 unspecified atom stereocenters. The minimum absolute atomic E-state index is 0.358. The third kappa shape index (κ3) is 2.05. The van der Waals surface area contributed by atoms with Gasteiger partial charge >= 0.3 is 0 Å². The van der Waals surface area contributed by atoms with Gasteiger partial charge in [-0.2, -0.15) is 0 Å². The highest BCUT2D eigenvalue weighted by atomic mass is 35.5. The Morgan fingerprint density at radius 1 is 1.43 bits per heavy atom. The van der Waals surface area contributed by atoms with E-state index in [1.165, 1.54) is 12.1 Å². The van der Waals surface area contributed by atoms with Gasteiger partial charge in [-0.25, -0.2) is 4.39 Å². The second-order valence-electron chi connectivity index (χ2n) is 3.78. The SMILES string of the molecule is OC1(Cc2cc(F)cc(Cl)c2)CNC1. The number of hydrogen-bond donors (Lipinski definition) is 2. The first-order valence-electron chi connectivity index (χ1n) is 4.45. The van der Waals surface area contributed by atoms with Crippen molar-refractivity contribution in [3.63, 3.8) is 0 Å². The summed E-state index contributed by atoms with van der Waals surface area (Å²) in [5.41, 5.74) is 0.0101. The summed E-state index contributed by atoms with van der Waals surface area (Å²) in [7, 11) is 0. The fourth-order valence-electron chi connectivity index (χ4n) is 1.63. The molecule has 2 nitrogen and oxygen atoms in total. The summed E-state index contributed by atoms with van der Waals surface area (Å²) in [5.74, 6) is -0.358. The minimum atomic E-state index is -0.725. The van der Waals surface area contributed by atoms with Gasteiger partial charge in [0, 0.05) is 24.5 Å². The van der Waals surface area contributed by atoms with Crippen LogP contribution in [0.4, 0.5) is 4.39 Å². The van der Waals surface area contributed by atoms with E-state index in [-0.39, 0.29) is 5.82 Å². The average molecular weight is 216 g/mol. The lowest BCUT2D eigenvalue weighted by atomic mass is 9.89. The molecule has 0 amide bonds. The first-order chi connectivity index (χ1) is 6.57. The monoisotopic (exact) mass is 215 g/mol. The zero-order chi connectivity index (χ0) is 10.2. The molecule has 76 valence electrons. The lowest BCUT2D eigenvalue weighted by Gasteiger charge is -2.37. The molecule has 2 rings (SSSR count). The lowest BCUT2D eigenvalue weighted by molar-refractivity contribution is -0.00905.